The van der Waals surface area contributed by atoms with Crippen molar-refractivity contribution in [3.8, 4) is 5.75 Å². The van der Waals surface area contributed by atoms with Crippen molar-refractivity contribution in [2.75, 3.05) is 47.4 Å². The Morgan fingerprint density at radius 2 is 2.30 bits per heavy atom. The summed E-state index contributed by atoms with van der Waals surface area (Å²) in [7, 11) is 6.08. The van der Waals surface area contributed by atoms with Crippen molar-refractivity contribution in [2.45, 2.75) is 12.5 Å². The van der Waals surface area contributed by atoms with Crippen molar-refractivity contribution >= 4 is 0 Å². The number of hydrogen-bond acceptors (Lipinski definition) is 4. The van der Waals surface area contributed by atoms with Crippen LogP contribution in [0.15, 0.2) is 24.3 Å². The van der Waals surface area contributed by atoms with Crippen LogP contribution in [-0.4, -0.2) is 57.2 Å². The van der Waals surface area contributed by atoms with E-state index in [1.807, 2.05) is 12.1 Å². The van der Waals surface area contributed by atoms with Gasteiger partial charge in [0.1, 0.15) is 5.75 Å². The van der Waals surface area contributed by atoms with Crippen LogP contribution in [0.5, 0.6) is 5.75 Å². The number of hydrogen-bond donors (Lipinski definition) is 1. The van der Waals surface area contributed by atoms with Crippen molar-refractivity contribution in [3.63, 3.8) is 0 Å². The molecule has 0 amide bonds. The SMILES string of the molecule is COc1cccc(C(CN)N(C)CC2CCN(C)C2)c1. The van der Waals surface area contributed by atoms with E-state index in [0.29, 0.717) is 6.54 Å². The van der Waals surface area contributed by atoms with E-state index in [-0.39, 0.29) is 6.04 Å². The summed E-state index contributed by atoms with van der Waals surface area (Å²) in [5, 5.41) is 0. The summed E-state index contributed by atoms with van der Waals surface area (Å²) in [4.78, 5) is 4.79. The van der Waals surface area contributed by atoms with Crippen LogP contribution in [0.2, 0.25) is 0 Å². The average molecular weight is 277 g/mol. The van der Waals surface area contributed by atoms with Gasteiger partial charge in [0.2, 0.25) is 0 Å². The van der Waals surface area contributed by atoms with Crippen molar-refractivity contribution in [3.05, 3.63) is 29.8 Å². The Labute approximate surface area is 122 Å². The molecule has 1 fully saturated rings. The molecule has 2 unspecified atom stereocenters. The van der Waals surface area contributed by atoms with Gasteiger partial charge < -0.3 is 15.4 Å². The monoisotopic (exact) mass is 277 g/mol. The second-order valence-corrected chi connectivity index (χ2v) is 5.88. The van der Waals surface area contributed by atoms with E-state index in [4.69, 9.17) is 10.5 Å². The Balaban J connectivity index is 2.02. The number of nitrogens with two attached hydrogens (primary N) is 1. The molecule has 0 radical (unpaired) electrons. The molecule has 4 heteroatoms. The molecule has 2 rings (SSSR count). The Bertz CT molecular complexity index is 424. The zero-order valence-corrected chi connectivity index (χ0v) is 12.9. The summed E-state index contributed by atoms with van der Waals surface area (Å²) >= 11 is 0. The summed E-state index contributed by atoms with van der Waals surface area (Å²) in [5.74, 6) is 1.65. The molecular formula is C16H27N3O. The standard InChI is InChI=1S/C16H27N3O/c1-18-8-7-13(11-18)12-19(2)16(10-17)14-5-4-6-15(9-14)20-3/h4-6,9,13,16H,7-8,10-12,17H2,1-3H3. The molecule has 1 aromatic rings. The lowest BCUT2D eigenvalue weighted by Gasteiger charge is -2.29. The molecule has 0 spiro atoms. The molecule has 0 aromatic heterocycles. The molecule has 4 nitrogen and oxygen atoms in total. The van der Waals surface area contributed by atoms with E-state index >= 15 is 0 Å². The van der Waals surface area contributed by atoms with E-state index in [1.54, 1.807) is 7.11 Å². The quantitative estimate of drug-likeness (QED) is 0.857. The minimum atomic E-state index is 0.260. The molecule has 1 saturated heterocycles. The van der Waals surface area contributed by atoms with Gasteiger partial charge in [-0.3, -0.25) is 4.90 Å². The molecule has 2 N–H and O–H groups in total. The van der Waals surface area contributed by atoms with E-state index in [2.05, 4.69) is 36.0 Å². The molecule has 112 valence electrons. The van der Waals surface area contributed by atoms with E-state index < -0.39 is 0 Å². The van der Waals surface area contributed by atoms with Crippen LogP contribution in [0.1, 0.15) is 18.0 Å². The Hall–Kier alpha value is -1.10. The van der Waals surface area contributed by atoms with Crippen LogP contribution in [0.4, 0.5) is 0 Å². The minimum absolute atomic E-state index is 0.260. The zero-order chi connectivity index (χ0) is 14.5. The number of nitrogens with zero attached hydrogens (tertiary/aromatic N) is 2. The molecule has 1 aromatic carbocycles. The van der Waals surface area contributed by atoms with Gasteiger partial charge in [-0.25, -0.2) is 0 Å². The number of ether oxygens (including phenoxy) is 1. The van der Waals surface area contributed by atoms with Gasteiger partial charge in [-0.05, 0) is 50.7 Å². The predicted molar refractivity (Wildman–Crippen MR) is 83.0 cm³/mol. The van der Waals surface area contributed by atoms with E-state index in [1.165, 1.54) is 25.1 Å². The highest BCUT2D eigenvalue weighted by molar-refractivity contribution is 5.30. The van der Waals surface area contributed by atoms with Gasteiger partial charge in [0, 0.05) is 25.7 Å². The van der Waals surface area contributed by atoms with Gasteiger partial charge in [0.15, 0.2) is 0 Å². The smallest absolute Gasteiger partial charge is 0.119 e. The lowest BCUT2D eigenvalue weighted by molar-refractivity contribution is 0.211. The van der Waals surface area contributed by atoms with Gasteiger partial charge in [-0.2, -0.15) is 0 Å². The number of likely N-dealkylation sites (N-methyl/N-ethyl adjacent to an activating group) is 1. The highest BCUT2D eigenvalue weighted by atomic mass is 16.5. The third kappa shape index (κ3) is 3.72. The second-order valence-electron chi connectivity index (χ2n) is 5.88. The maximum Gasteiger partial charge on any atom is 0.119 e. The van der Waals surface area contributed by atoms with Gasteiger partial charge in [0.25, 0.3) is 0 Å². The molecule has 1 aliphatic heterocycles. The minimum Gasteiger partial charge on any atom is -0.497 e. The van der Waals surface area contributed by atoms with Crippen LogP contribution < -0.4 is 10.5 Å². The van der Waals surface area contributed by atoms with Crippen molar-refractivity contribution in [1.82, 2.24) is 9.80 Å². The fourth-order valence-corrected chi connectivity index (χ4v) is 3.13. The summed E-state index contributed by atoms with van der Waals surface area (Å²) < 4.78 is 5.31. The number of rotatable bonds is 6. The predicted octanol–water partition coefficient (Wildman–Crippen LogP) is 1.58. The second kappa shape index (κ2) is 7.07. The van der Waals surface area contributed by atoms with Gasteiger partial charge >= 0.3 is 0 Å². The van der Waals surface area contributed by atoms with Gasteiger partial charge in [-0.15, -0.1) is 0 Å². The third-order valence-electron chi connectivity index (χ3n) is 4.27. The number of methoxy groups -OCH3 is 1. The molecular weight excluding hydrogens is 250 g/mol. The molecule has 1 aliphatic rings. The maximum absolute atomic E-state index is 6.01. The highest BCUT2D eigenvalue weighted by Crippen LogP contribution is 2.25. The van der Waals surface area contributed by atoms with E-state index in [9.17, 15) is 0 Å². The lowest BCUT2D eigenvalue weighted by Crippen LogP contribution is -2.35. The number of likely N-dealkylation sites (tertiary alicyclic amines) is 1. The molecule has 0 saturated carbocycles. The third-order valence-corrected chi connectivity index (χ3v) is 4.27. The highest BCUT2D eigenvalue weighted by Gasteiger charge is 2.24. The Morgan fingerprint density at radius 1 is 1.50 bits per heavy atom. The fraction of sp³-hybridized carbons (Fsp3) is 0.625. The molecule has 20 heavy (non-hydrogen) atoms. The van der Waals surface area contributed by atoms with Gasteiger partial charge in [0.05, 0.1) is 7.11 Å². The molecule has 0 aliphatic carbocycles. The normalized spacial score (nSPS) is 21.4. The first-order valence-electron chi connectivity index (χ1n) is 7.36. The Morgan fingerprint density at radius 3 is 2.90 bits per heavy atom. The fourth-order valence-electron chi connectivity index (χ4n) is 3.13. The van der Waals surface area contributed by atoms with Crippen LogP contribution in [0.3, 0.4) is 0 Å². The first-order valence-corrected chi connectivity index (χ1v) is 7.36. The van der Waals surface area contributed by atoms with Crippen LogP contribution in [-0.2, 0) is 0 Å². The average Bonchev–Trinajstić information content (AvgIpc) is 2.85. The van der Waals surface area contributed by atoms with Crippen molar-refractivity contribution in [2.24, 2.45) is 11.7 Å². The summed E-state index contributed by atoms with van der Waals surface area (Å²) in [6.45, 7) is 4.14. The first kappa shape index (κ1) is 15.3. The van der Waals surface area contributed by atoms with Crippen molar-refractivity contribution < 1.29 is 4.74 Å². The first-order chi connectivity index (χ1) is 9.63. The number of benzene rings is 1. The van der Waals surface area contributed by atoms with Crippen LogP contribution in [0, 0.1) is 5.92 Å². The van der Waals surface area contributed by atoms with Crippen LogP contribution >= 0.6 is 0 Å². The van der Waals surface area contributed by atoms with Gasteiger partial charge in [-0.1, -0.05) is 12.1 Å². The molecule has 2 atom stereocenters. The lowest BCUT2D eigenvalue weighted by atomic mass is 10.0. The van der Waals surface area contributed by atoms with E-state index in [0.717, 1.165) is 18.2 Å². The maximum atomic E-state index is 6.01. The Kier molecular flexibility index (Phi) is 5.40. The summed E-state index contributed by atoms with van der Waals surface area (Å²) in [6, 6.07) is 8.50. The van der Waals surface area contributed by atoms with Crippen molar-refractivity contribution in [1.29, 1.82) is 0 Å². The molecule has 1 heterocycles. The largest absolute Gasteiger partial charge is 0.497 e. The van der Waals surface area contributed by atoms with Crippen LogP contribution in [0.25, 0.3) is 0 Å². The summed E-state index contributed by atoms with van der Waals surface area (Å²) in [5.41, 5.74) is 7.24. The molecule has 0 bridgehead atoms. The summed E-state index contributed by atoms with van der Waals surface area (Å²) in [6.07, 6.45) is 1.29. The zero-order valence-electron chi connectivity index (χ0n) is 12.9. The topological polar surface area (TPSA) is 41.7 Å².